The van der Waals surface area contributed by atoms with Crippen LogP contribution in [0.1, 0.15) is 83.4 Å². The molecule has 1 aliphatic carbocycles. The summed E-state index contributed by atoms with van der Waals surface area (Å²) in [5.74, 6) is -2.04. The lowest BCUT2D eigenvalue weighted by Gasteiger charge is -2.35. The number of amides is 4. The Bertz CT molecular complexity index is 1520. The molecule has 1 aromatic rings. The van der Waals surface area contributed by atoms with E-state index in [1.54, 1.807) is 25.7 Å². The van der Waals surface area contributed by atoms with Crippen LogP contribution in [-0.2, 0) is 43.1 Å². The molecule has 4 aliphatic rings. The van der Waals surface area contributed by atoms with Gasteiger partial charge in [-0.1, -0.05) is 65.3 Å². The van der Waals surface area contributed by atoms with Crippen LogP contribution in [-0.4, -0.2) is 80.2 Å². The molecule has 4 amide bonds. The number of alkyl carbamates (subject to hydrolysis) is 1. The largest absolute Gasteiger partial charge is 0.449 e. The van der Waals surface area contributed by atoms with Gasteiger partial charge < -0.3 is 34.8 Å². The van der Waals surface area contributed by atoms with E-state index in [2.05, 4.69) is 23.3 Å². The van der Waals surface area contributed by atoms with Gasteiger partial charge in [-0.15, -0.1) is 6.58 Å². The number of rotatable bonds is 4. The van der Waals surface area contributed by atoms with E-state index in [0.717, 1.165) is 36.8 Å². The van der Waals surface area contributed by atoms with Crippen molar-refractivity contribution in [2.45, 2.75) is 110 Å². The number of benzene rings is 1. The topological polar surface area (TPSA) is 175 Å². The first-order valence-corrected chi connectivity index (χ1v) is 18.3. The monoisotopic (exact) mass is 688 g/mol. The van der Waals surface area contributed by atoms with Crippen molar-refractivity contribution < 1.29 is 43.0 Å². The number of carbonyl (C=O) groups is 4. The van der Waals surface area contributed by atoms with E-state index < -0.39 is 66.4 Å². The molecule has 5 atom stereocenters. The van der Waals surface area contributed by atoms with Crippen molar-refractivity contribution in [3.05, 3.63) is 47.5 Å². The van der Waals surface area contributed by atoms with E-state index in [4.69, 9.17) is 9.47 Å². The van der Waals surface area contributed by atoms with E-state index in [9.17, 15) is 33.5 Å². The highest BCUT2D eigenvalue weighted by Crippen LogP contribution is 2.67. The summed E-state index contributed by atoms with van der Waals surface area (Å²) in [6, 6.07) is 3.70. The van der Waals surface area contributed by atoms with Crippen LogP contribution in [0.3, 0.4) is 0 Å². The fourth-order valence-electron chi connectivity index (χ4n) is 7.08. The van der Waals surface area contributed by atoms with Crippen LogP contribution >= 0.6 is 7.60 Å². The zero-order chi connectivity index (χ0) is 35.2. The summed E-state index contributed by atoms with van der Waals surface area (Å²) in [6.45, 7) is 13.7. The number of cyclic esters (lactones) is 1. The average Bonchev–Trinajstić information content (AvgIpc) is 3.31. The van der Waals surface area contributed by atoms with Gasteiger partial charge in [-0.2, -0.15) is 0 Å². The van der Waals surface area contributed by atoms with Crippen LogP contribution in [0.2, 0.25) is 0 Å². The van der Waals surface area contributed by atoms with E-state index in [0.29, 0.717) is 13.1 Å². The molecular formula is C34H49N4O9P. The number of nitrogens with one attached hydrogen (secondary N) is 2. The van der Waals surface area contributed by atoms with Crippen molar-refractivity contribution in [2.75, 3.05) is 13.2 Å². The van der Waals surface area contributed by atoms with Gasteiger partial charge in [0.05, 0.1) is 13.2 Å². The van der Waals surface area contributed by atoms with E-state index >= 15 is 0 Å². The first kappa shape index (κ1) is 35.9. The summed E-state index contributed by atoms with van der Waals surface area (Å²) in [4.78, 5) is 77.9. The molecule has 3 aliphatic heterocycles. The van der Waals surface area contributed by atoms with Crippen LogP contribution in [0.25, 0.3) is 0 Å². The quantitative estimate of drug-likeness (QED) is 0.267. The number of hydrogen-bond donors (Lipinski definition) is 4. The van der Waals surface area contributed by atoms with Gasteiger partial charge in [-0.3, -0.25) is 19.1 Å². The fourth-order valence-corrected chi connectivity index (χ4v) is 8.30. The lowest BCUT2D eigenvalue weighted by molar-refractivity contribution is -0.142. The minimum atomic E-state index is -4.81. The Balaban J connectivity index is 1.45. The van der Waals surface area contributed by atoms with Gasteiger partial charge >= 0.3 is 19.8 Å². The Kier molecular flexibility index (Phi) is 9.82. The maximum absolute atomic E-state index is 14.3. The van der Waals surface area contributed by atoms with Gasteiger partial charge in [0.1, 0.15) is 23.5 Å². The molecular weight excluding hydrogens is 639 g/mol. The molecule has 14 heteroatoms. The highest BCUT2D eigenvalue weighted by atomic mass is 31.2. The van der Waals surface area contributed by atoms with E-state index in [1.165, 1.54) is 16.5 Å². The standard InChI is InChI=1S/C34H49N4O9P/c1-7-23-16-34(23,48(43,44)45)36-28(39)26-15-24-18-38(26)29(40)27(32(2,3)4)35-30(41)46-20-33(5,6)14-9-8-11-21-12-10-13-22-17-37(19-25(21)22)31(42)47-24/h7,10,12-13,23-24,26-27H,1,8-9,11,14-20H2,2-6H3,(H,35,41)(H,36,39)(H2,43,44,45)/t23-,24+,26-,27+,34-/m0/s1. The first-order chi connectivity index (χ1) is 22.3. The molecule has 48 heavy (non-hydrogen) atoms. The van der Waals surface area contributed by atoms with Gasteiger partial charge in [0, 0.05) is 25.4 Å². The van der Waals surface area contributed by atoms with Gasteiger partial charge in [0.15, 0.2) is 0 Å². The van der Waals surface area contributed by atoms with Gasteiger partial charge in [-0.05, 0) is 53.2 Å². The van der Waals surface area contributed by atoms with Gasteiger partial charge in [0.2, 0.25) is 11.8 Å². The SMILES string of the molecule is C=C[C@H]1C[C@]1(NC(=O)[C@@H]1C[C@@H]2CN1C(=O)[C@H](C(C)(C)C)NC(=O)OCC(C)(C)CCCCc1cccc3c1CN(C3)C(=O)O2)P(=O)(O)O. The summed E-state index contributed by atoms with van der Waals surface area (Å²) in [6.07, 6.45) is 2.53. The second kappa shape index (κ2) is 13.1. The minimum Gasteiger partial charge on any atom is -0.449 e. The first-order valence-electron chi connectivity index (χ1n) is 16.6. The highest BCUT2D eigenvalue weighted by molar-refractivity contribution is 7.54. The van der Waals surface area contributed by atoms with Crippen LogP contribution in [0.15, 0.2) is 30.9 Å². The van der Waals surface area contributed by atoms with Crippen LogP contribution < -0.4 is 10.6 Å². The van der Waals surface area contributed by atoms with E-state index in [-0.39, 0.29) is 31.4 Å². The Morgan fingerprint density at radius 2 is 1.85 bits per heavy atom. The number of nitrogens with zero attached hydrogens (tertiary/aromatic N) is 2. The number of ether oxygens (including phenoxy) is 2. The number of carbonyl (C=O) groups excluding carboxylic acids is 4. The summed E-state index contributed by atoms with van der Waals surface area (Å²) in [5, 5.41) is 3.41. The zero-order valence-electron chi connectivity index (χ0n) is 28.5. The average molecular weight is 689 g/mol. The third kappa shape index (κ3) is 7.43. The minimum absolute atomic E-state index is 0.00251. The summed E-state index contributed by atoms with van der Waals surface area (Å²) in [5.41, 5.74) is 2.18. The maximum atomic E-state index is 14.3. The number of fused-ring (bicyclic) bond motifs is 3. The molecule has 0 radical (unpaired) electrons. The Labute approximate surface area is 281 Å². The predicted molar refractivity (Wildman–Crippen MR) is 176 cm³/mol. The normalized spacial score (nSPS) is 29.8. The molecule has 1 saturated carbocycles. The molecule has 4 bridgehead atoms. The smallest absolute Gasteiger partial charge is 0.410 e. The lowest BCUT2D eigenvalue weighted by Crippen LogP contribution is -2.58. The fraction of sp³-hybridized carbons (Fsp3) is 0.647. The van der Waals surface area contributed by atoms with Crippen molar-refractivity contribution in [1.82, 2.24) is 20.4 Å². The van der Waals surface area contributed by atoms with Crippen molar-refractivity contribution in [3.63, 3.8) is 0 Å². The molecule has 0 aromatic heterocycles. The Morgan fingerprint density at radius 3 is 2.50 bits per heavy atom. The van der Waals surface area contributed by atoms with Crippen LogP contribution in [0.4, 0.5) is 9.59 Å². The molecule has 0 spiro atoms. The number of hydrogen-bond acceptors (Lipinski definition) is 7. The summed E-state index contributed by atoms with van der Waals surface area (Å²) >= 11 is 0. The van der Waals surface area contributed by atoms with Gasteiger partial charge in [-0.25, -0.2) is 9.59 Å². The molecule has 2 fully saturated rings. The molecule has 1 saturated heterocycles. The lowest BCUT2D eigenvalue weighted by atomic mass is 9.85. The highest BCUT2D eigenvalue weighted by Gasteiger charge is 2.66. The second-order valence-electron chi connectivity index (χ2n) is 15.6. The molecule has 4 N–H and O–H groups in total. The molecule has 13 nitrogen and oxygen atoms in total. The molecule has 264 valence electrons. The third-order valence-corrected chi connectivity index (χ3v) is 11.8. The second-order valence-corrected chi connectivity index (χ2v) is 17.4. The van der Waals surface area contributed by atoms with Crippen molar-refractivity contribution >= 4 is 31.6 Å². The number of aryl methyl sites for hydroxylation is 1. The Morgan fingerprint density at radius 1 is 1.15 bits per heavy atom. The van der Waals surface area contributed by atoms with Gasteiger partial charge in [0.25, 0.3) is 0 Å². The van der Waals surface area contributed by atoms with Crippen molar-refractivity contribution in [2.24, 2.45) is 16.7 Å². The zero-order valence-corrected chi connectivity index (χ0v) is 29.4. The summed E-state index contributed by atoms with van der Waals surface area (Å²) < 4.78 is 24.0. The van der Waals surface area contributed by atoms with Crippen LogP contribution in [0, 0.1) is 16.7 Å². The molecule has 0 unspecified atom stereocenters. The third-order valence-electron chi connectivity index (χ3n) is 10.1. The van der Waals surface area contributed by atoms with Crippen LogP contribution in [0.5, 0.6) is 0 Å². The molecule has 1 aromatic carbocycles. The predicted octanol–water partition coefficient (Wildman–Crippen LogP) is 4.20. The van der Waals surface area contributed by atoms with Crippen molar-refractivity contribution in [1.29, 1.82) is 0 Å². The molecule has 3 heterocycles. The summed E-state index contributed by atoms with van der Waals surface area (Å²) in [7, 11) is -4.81. The Hall–Kier alpha value is -3.41. The maximum Gasteiger partial charge on any atom is 0.410 e. The molecule has 5 rings (SSSR count). The van der Waals surface area contributed by atoms with Crippen molar-refractivity contribution in [3.8, 4) is 0 Å². The van der Waals surface area contributed by atoms with E-state index in [1.807, 2.05) is 26.0 Å².